The number of hydrogen-bond acceptors (Lipinski definition) is 3. The van der Waals surface area contributed by atoms with Gasteiger partial charge < -0.3 is 5.32 Å². The molecule has 0 aliphatic rings. The Hall–Kier alpha value is -2.83. The Labute approximate surface area is 166 Å². The van der Waals surface area contributed by atoms with Gasteiger partial charge in [-0.25, -0.2) is 0 Å². The first kappa shape index (κ1) is 20.5. The lowest BCUT2D eigenvalue weighted by Gasteiger charge is -2.07. The lowest BCUT2D eigenvalue weighted by Crippen LogP contribution is -2.41. The van der Waals surface area contributed by atoms with Crippen molar-refractivity contribution in [1.29, 1.82) is 0 Å². The van der Waals surface area contributed by atoms with Crippen LogP contribution in [-0.4, -0.2) is 17.7 Å². The first-order chi connectivity index (χ1) is 12.9. The predicted octanol–water partition coefficient (Wildman–Crippen LogP) is 3.57. The Bertz CT molecular complexity index is 852. The number of para-hydroxylation sites is 1. The van der Waals surface area contributed by atoms with Gasteiger partial charge in [-0.2, -0.15) is 0 Å². The average molecular weight is 406 g/mol. The largest absolute Gasteiger partial charge is 0.325 e. The normalized spacial score (nSPS) is 10.4. The van der Waals surface area contributed by atoms with Gasteiger partial charge in [0.2, 0.25) is 11.8 Å². The summed E-state index contributed by atoms with van der Waals surface area (Å²) in [5.74, 6) is -1.34. The number of halogens is 2. The number of carbonyl (C=O) groups is 3. The second-order valence-electron chi connectivity index (χ2n) is 5.45. The van der Waals surface area contributed by atoms with E-state index in [1.807, 2.05) is 0 Å². The van der Waals surface area contributed by atoms with E-state index in [4.69, 9.17) is 23.2 Å². The van der Waals surface area contributed by atoms with Crippen LogP contribution in [0.2, 0.25) is 10.0 Å². The van der Waals surface area contributed by atoms with Crippen LogP contribution in [0.15, 0.2) is 54.6 Å². The molecule has 0 spiro atoms. The van der Waals surface area contributed by atoms with E-state index in [-0.39, 0.29) is 18.7 Å². The Morgan fingerprint density at radius 2 is 1.52 bits per heavy atom. The lowest BCUT2D eigenvalue weighted by atomic mass is 10.2. The minimum absolute atomic E-state index is 0.0481. The van der Waals surface area contributed by atoms with Crippen LogP contribution in [-0.2, 0) is 14.4 Å². The topological polar surface area (TPSA) is 87.3 Å². The van der Waals surface area contributed by atoms with E-state index in [0.717, 1.165) is 5.56 Å². The molecule has 2 aromatic rings. The number of rotatable bonds is 6. The Kier molecular flexibility index (Phi) is 7.85. The number of amides is 3. The molecular formula is C19H17Cl2N3O3. The van der Waals surface area contributed by atoms with E-state index in [2.05, 4.69) is 16.2 Å². The van der Waals surface area contributed by atoms with Gasteiger partial charge in [0.1, 0.15) is 0 Å². The molecule has 0 aromatic heterocycles. The van der Waals surface area contributed by atoms with Gasteiger partial charge in [0.15, 0.2) is 0 Å². The van der Waals surface area contributed by atoms with E-state index in [9.17, 15) is 14.4 Å². The highest BCUT2D eigenvalue weighted by atomic mass is 35.5. The zero-order valence-electron chi connectivity index (χ0n) is 14.2. The molecule has 3 N–H and O–H groups in total. The predicted molar refractivity (Wildman–Crippen MR) is 106 cm³/mol. The van der Waals surface area contributed by atoms with Crippen LogP contribution in [0.4, 0.5) is 5.69 Å². The Morgan fingerprint density at radius 3 is 2.22 bits per heavy atom. The number of benzene rings is 2. The molecule has 0 fully saturated rings. The molecule has 6 nitrogen and oxygen atoms in total. The summed E-state index contributed by atoms with van der Waals surface area (Å²) in [5.41, 5.74) is 5.75. The maximum absolute atomic E-state index is 11.8. The van der Waals surface area contributed by atoms with E-state index >= 15 is 0 Å². The van der Waals surface area contributed by atoms with E-state index in [1.54, 1.807) is 54.6 Å². The number of hydrogen-bond donors (Lipinski definition) is 3. The first-order valence-electron chi connectivity index (χ1n) is 8.01. The standard InChI is InChI=1S/C19H17Cl2N3O3/c20-14-8-5-13(6-9-14)7-10-18(26)23-24-19(27)12-11-17(25)22-16-4-2-1-3-15(16)21/h1-10H,11-12H2,(H,22,25)(H,23,26)(H,24,27)/b10-7+. The minimum Gasteiger partial charge on any atom is -0.325 e. The average Bonchev–Trinajstić information content (AvgIpc) is 2.66. The third-order valence-corrected chi connectivity index (χ3v) is 3.93. The van der Waals surface area contributed by atoms with Crippen LogP contribution in [0.1, 0.15) is 18.4 Å². The monoisotopic (exact) mass is 405 g/mol. The summed E-state index contributed by atoms with van der Waals surface area (Å²) < 4.78 is 0. The maximum atomic E-state index is 11.8. The van der Waals surface area contributed by atoms with Crippen molar-refractivity contribution in [2.75, 3.05) is 5.32 Å². The summed E-state index contributed by atoms with van der Waals surface area (Å²) in [6, 6.07) is 13.7. The van der Waals surface area contributed by atoms with Crippen molar-refractivity contribution in [2.24, 2.45) is 0 Å². The maximum Gasteiger partial charge on any atom is 0.262 e. The lowest BCUT2D eigenvalue weighted by molar-refractivity contribution is -0.128. The summed E-state index contributed by atoms with van der Waals surface area (Å²) in [6.07, 6.45) is 2.72. The van der Waals surface area contributed by atoms with Crippen LogP contribution in [0.25, 0.3) is 6.08 Å². The molecule has 0 unspecified atom stereocenters. The highest BCUT2D eigenvalue weighted by molar-refractivity contribution is 6.33. The Balaban J connectivity index is 1.69. The molecule has 0 aliphatic heterocycles. The van der Waals surface area contributed by atoms with Gasteiger partial charge in [0, 0.05) is 23.9 Å². The molecule has 0 bridgehead atoms. The van der Waals surface area contributed by atoms with Crippen LogP contribution < -0.4 is 16.2 Å². The minimum atomic E-state index is -0.501. The molecule has 2 aromatic carbocycles. The van der Waals surface area contributed by atoms with Crippen molar-refractivity contribution in [2.45, 2.75) is 12.8 Å². The summed E-state index contributed by atoms with van der Waals surface area (Å²) in [5, 5.41) is 3.63. The smallest absolute Gasteiger partial charge is 0.262 e. The van der Waals surface area contributed by atoms with Gasteiger partial charge in [0.25, 0.3) is 5.91 Å². The van der Waals surface area contributed by atoms with E-state index < -0.39 is 11.8 Å². The van der Waals surface area contributed by atoms with Crippen molar-refractivity contribution in [3.05, 3.63) is 70.2 Å². The van der Waals surface area contributed by atoms with Crippen LogP contribution in [0.5, 0.6) is 0 Å². The molecule has 0 atom stereocenters. The number of carbonyl (C=O) groups excluding carboxylic acids is 3. The molecule has 8 heteroatoms. The third-order valence-electron chi connectivity index (χ3n) is 3.35. The van der Waals surface area contributed by atoms with Gasteiger partial charge in [-0.3, -0.25) is 25.2 Å². The zero-order chi connectivity index (χ0) is 19.6. The quantitative estimate of drug-likeness (QED) is 0.506. The molecule has 2 rings (SSSR count). The zero-order valence-corrected chi connectivity index (χ0v) is 15.7. The fourth-order valence-electron chi connectivity index (χ4n) is 1.98. The van der Waals surface area contributed by atoms with Gasteiger partial charge in [-0.05, 0) is 35.9 Å². The van der Waals surface area contributed by atoms with Crippen molar-refractivity contribution in [3.8, 4) is 0 Å². The van der Waals surface area contributed by atoms with Crippen LogP contribution >= 0.6 is 23.2 Å². The van der Waals surface area contributed by atoms with Crippen molar-refractivity contribution in [3.63, 3.8) is 0 Å². The van der Waals surface area contributed by atoms with Gasteiger partial charge in [-0.15, -0.1) is 0 Å². The molecular weight excluding hydrogens is 389 g/mol. The second-order valence-corrected chi connectivity index (χ2v) is 6.29. The molecule has 0 saturated carbocycles. The summed E-state index contributed by atoms with van der Waals surface area (Å²) in [6.45, 7) is 0. The fourth-order valence-corrected chi connectivity index (χ4v) is 2.29. The fraction of sp³-hybridized carbons (Fsp3) is 0.105. The number of anilines is 1. The van der Waals surface area contributed by atoms with Gasteiger partial charge in [0.05, 0.1) is 10.7 Å². The summed E-state index contributed by atoms with van der Waals surface area (Å²) in [7, 11) is 0. The third kappa shape index (κ3) is 7.52. The van der Waals surface area contributed by atoms with E-state index in [0.29, 0.717) is 15.7 Å². The van der Waals surface area contributed by atoms with Crippen LogP contribution in [0, 0.1) is 0 Å². The molecule has 27 heavy (non-hydrogen) atoms. The van der Waals surface area contributed by atoms with Crippen molar-refractivity contribution in [1.82, 2.24) is 10.9 Å². The SMILES string of the molecule is O=C(/C=C/c1ccc(Cl)cc1)NNC(=O)CCC(=O)Nc1ccccc1Cl. The van der Waals surface area contributed by atoms with E-state index in [1.165, 1.54) is 6.08 Å². The van der Waals surface area contributed by atoms with Crippen molar-refractivity contribution < 1.29 is 14.4 Å². The number of nitrogens with one attached hydrogen (secondary N) is 3. The van der Waals surface area contributed by atoms with Crippen molar-refractivity contribution >= 4 is 52.7 Å². The molecule has 140 valence electrons. The summed E-state index contributed by atoms with van der Waals surface area (Å²) >= 11 is 11.7. The Morgan fingerprint density at radius 1 is 0.852 bits per heavy atom. The second kappa shape index (κ2) is 10.4. The molecule has 3 amide bonds. The molecule has 0 saturated heterocycles. The first-order valence-corrected chi connectivity index (χ1v) is 8.76. The van der Waals surface area contributed by atoms with Crippen LogP contribution in [0.3, 0.4) is 0 Å². The molecule has 0 radical (unpaired) electrons. The number of hydrazine groups is 1. The van der Waals surface area contributed by atoms with Gasteiger partial charge in [-0.1, -0.05) is 47.5 Å². The highest BCUT2D eigenvalue weighted by Gasteiger charge is 2.09. The molecule has 0 aliphatic carbocycles. The highest BCUT2D eigenvalue weighted by Crippen LogP contribution is 2.20. The molecule has 0 heterocycles. The van der Waals surface area contributed by atoms with Gasteiger partial charge >= 0.3 is 0 Å². The summed E-state index contributed by atoms with van der Waals surface area (Å²) in [4.78, 5) is 35.2.